The smallest absolute Gasteiger partial charge is 0.328 e. The summed E-state index contributed by atoms with van der Waals surface area (Å²) in [5.41, 5.74) is 2.47. The number of benzene rings is 2. The van der Waals surface area contributed by atoms with Gasteiger partial charge in [-0.05, 0) is 41.8 Å². The zero-order chi connectivity index (χ0) is 16.9. The summed E-state index contributed by atoms with van der Waals surface area (Å²) in [5, 5.41) is 11.5. The molecule has 0 aromatic heterocycles. The predicted octanol–water partition coefficient (Wildman–Crippen LogP) is 2.97. The Morgan fingerprint density at radius 2 is 1.88 bits per heavy atom. The molecule has 2 N–H and O–H groups in total. The Bertz CT molecular complexity index is 780. The topological polar surface area (TPSA) is 75.6 Å². The summed E-state index contributed by atoms with van der Waals surface area (Å²) in [6.45, 7) is 0.363. The quantitative estimate of drug-likeness (QED) is 0.848. The summed E-state index contributed by atoms with van der Waals surface area (Å²) in [5.74, 6) is -0.467. The van der Waals surface area contributed by atoms with Gasteiger partial charge < -0.3 is 15.2 Å². The summed E-state index contributed by atoms with van der Waals surface area (Å²) in [4.78, 5) is 22.9. The van der Waals surface area contributed by atoms with Crippen molar-refractivity contribution in [2.45, 2.75) is 6.42 Å². The highest BCUT2D eigenvalue weighted by molar-refractivity contribution is 5.93. The number of hydrogen-bond donors (Lipinski definition) is 2. The van der Waals surface area contributed by atoms with Crippen LogP contribution in [0.3, 0.4) is 0 Å². The van der Waals surface area contributed by atoms with Gasteiger partial charge in [-0.25, -0.2) is 4.79 Å². The number of nitrogens with one attached hydrogen (secondary N) is 1. The SMILES string of the molecule is O=C(O)C=Cc1ccc(NC(=O)C2COc3ccccc3C2)cc1. The van der Waals surface area contributed by atoms with Crippen LogP contribution in [0.15, 0.2) is 54.6 Å². The van der Waals surface area contributed by atoms with Gasteiger partial charge in [0.05, 0.1) is 5.92 Å². The van der Waals surface area contributed by atoms with Crippen LogP contribution in [0.4, 0.5) is 5.69 Å². The number of fused-ring (bicyclic) bond motifs is 1. The maximum Gasteiger partial charge on any atom is 0.328 e. The van der Waals surface area contributed by atoms with Crippen molar-refractivity contribution in [1.29, 1.82) is 0 Å². The maximum atomic E-state index is 12.4. The van der Waals surface area contributed by atoms with Crippen LogP contribution in [0.1, 0.15) is 11.1 Å². The van der Waals surface area contributed by atoms with E-state index in [1.165, 1.54) is 6.08 Å². The molecule has 5 heteroatoms. The van der Waals surface area contributed by atoms with Gasteiger partial charge in [0.25, 0.3) is 0 Å². The first-order valence-corrected chi connectivity index (χ1v) is 7.64. The Kier molecular flexibility index (Phi) is 4.61. The number of rotatable bonds is 4. The van der Waals surface area contributed by atoms with Gasteiger partial charge in [-0.3, -0.25) is 4.79 Å². The molecule has 1 amide bonds. The second-order valence-electron chi connectivity index (χ2n) is 5.60. The highest BCUT2D eigenvalue weighted by Gasteiger charge is 2.25. The van der Waals surface area contributed by atoms with E-state index >= 15 is 0 Å². The summed E-state index contributed by atoms with van der Waals surface area (Å²) in [6, 6.07) is 14.7. The monoisotopic (exact) mass is 323 g/mol. The van der Waals surface area contributed by atoms with Gasteiger partial charge in [-0.15, -0.1) is 0 Å². The van der Waals surface area contributed by atoms with Gasteiger partial charge in [-0.1, -0.05) is 30.3 Å². The van der Waals surface area contributed by atoms with Gasteiger partial charge >= 0.3 is 5.97 Å². The zero-order valence-corrected chi connectivity index (χ0v) is 12.9. The number of hydrogen-bond acceptors (Lipinski definition) is 3. The second-order valence-corrected chi connectivity index (χ2v) is 5.60. The molecule has 1 unspecified atom stereocenters. The Morgan fingerprint density at radius 1 is 1.12 bits per heavy atom. The number of amides is 1. The molecule has 122 valence electrons. The van der Waals surface area contributed by atoms with E-state index in [0.29, 0.717) is 18.7 Å². The molecule has 5 nitrogen and oxygen atoms in total. The number of aliphatic carboxylic acids is 1. The van der Waals surface area contributed by atoms with E-state index in [1.54, 1.807) is 24.3 Å². The first-order chi connectivity index (χ1) is 11.6. The van der Waals surface area contributed by atoms with E-state index in [1.807, 2.05) is 24.3 Å². The van der Waals surface area contributed by atoms with Crippen molar-refractivity contribution in [3.05, 3.63) is 65.7 Å². The fourth-order valence-corrected chi connectivity index (χ4v) is 2.59. The molecular weight excluding hydrogens is 306 g/mol. The molecule has 1 atom stereocenters. The van der Waals surface area contributed by atoms with Crippen molar-refractivity contribution in [3.8, 4) is 5.75 Å². The summed E-state index contributed by atoms with van der Waals surface area (Å²) in [7, 11) is 0. The third kappa shape index (κ3) is 3.81. The van der Waals surface area contributed by atoms with Crippen molar-refractivity contribution in [2.75, 3.05) is 11.9 Å². The van der Waals surface area contributed by atoms with E-state index in [0.717, 1.165) is 23.0 Å². The Labute approximate surface area is 139 Å². The van der Waals surface area contributed by atoms with Crippen molar-refractivity contribution in [2.24, 2.45) is 5.92 Å². The van der Waals surface area contributed by atoms with Crippen LogP contribution in [0.25, 0.3) is 6.08 Å². The molecule has 0 bridgehead atoms. The number of carboxylic acid groups (broad SMARTS) is 1. The van der Waals surface area contributed by atoms with E-state index in [-0.39, 0.29) is 11.8 Å². The van der Waals surface area contributed by atoms with Crippen LogP contribution in [0, 0.1) is 5.92 Å². The zero-order valence-electron chi connectivity index (χ0n) is 12.9. The Morgan fingerprint density at radius 3 is 2.62 bits per heavy atom. The lowest BCUT2D eigenvalue weighted by atomic mass is 9.96. The number of carbonyl (C=O) groups is 2. The number of para-hydroxylation sites is 1. The van der Waals surface area contributed by atoms with Crippen molar-refractivity contribution < 1.29 is 19.4 Å². The maximum absolute atomic E-state index is 12.4. The molecule has 1 aliphatic rings. The lowest BCUT2D eigenvalue weighted by Gasteiger charge is -2.24. The van der Waals surface area contributed by atoms with E-state index in [9.17, 15) is 9.59 Å². The molecule has 1 heterocycles. The molecule has 0 saturated carbocycles. The highest BCUT2D eigenvalue weighted by atomic mass is 16.5. The number of anilines is 1. The normalized spacial score (nSPS) is 16.2. The Hall–Kier alpha value is -3.08. The number of carbonyl (C=O) groups excluding carboxylic acids is 1. The average Bonchev–Trinajstić information content (AvgIpc) is 2.60. The third-order valence-electron chi connectivity index (χ3n) is 3.85. The molecule has 0 fully saturated rings. The fraction of sp³-hybridized carbons (Fsp3) is 0.158. The molecule has 24 heavy (non-hydrogen) atoms. The van der Waals surface area contributed by atoms with Gasteiger partial charge in [0, 0.05) is 11.8 Å². The van der Waals surface area contributed by atoms with Gasteiger partial charge in [-0.2, -0.15) is 0 Å². The summed E-state index contributed by atoms with van der Waals surface area (Å²) < 4.78 is 5.64. The van der Waals surface area contributed by atoms with Gasteiger partial charge in [0.15, 0.2) is 0 Å². The van der Waals surface area contributed by atoms with Crippen LogP contribution in [0.2, 0.25) is 0 Å². The molecule has 2 aromatic carbocycles. The van der Waals surface area contributed by atoms with E-state index in [2.05, 4.69) is 5.32 Å². The van der Waals surface area contributed by atoms with Crippen LogP contribution >= 0.6 is 0 Å². The van der Waals surface area contributed by atoms with Gasteiger partial charge in [0.1, 0.15) is 12.4 Å². The second kappa shape index (κ2) is 7.00. The first-order valence-electron chi connectivity index (χ1n) is 7.64. The molecule has 2 aromatic rings. The van der Waals surface area contributed by atoms with Crippen molar-refractivity contribution in [3.63, 3.8) is 0 Å². The minimum atomic E-state index is -0.995. The molecule has 0 spiro atoms. The summed E-state index contributed by atoms with van der Waals surface area (Å²) >= 11 is 0. The predicted molar refractivity (Wildman–Crippen MR) is 90.9 cm³/mol. The fourth-order valence-electron chi connectivity index (χ4n) is 2.59. The molecule has 0 saturated heterocycles. The lowest BCUT2D eigenvalue weighted by molar-refractivity contribution is -0.131. The van der Waals surface area contributed by atoms with Crippen molar-refractivity contribution >= 4 is 23.6 Å². The summed E-state index contributed by atoms with van der Waals surface area (Å²) in [6.07, 6.45) is 3.23. The first kappa shape index (κ1) is 15.8. The number of carboxylic acids is 1. The van der Waals surface area contributed by atoms with Crippen LogP contribution in [-0.2, 0) is 16.0 Å². The number of ether oxygens (including phenoxy) is 1. The average molecular weight is 323 g/mol. The minimum Gasteiger partial charge on any atom is -0.492 e. The lowest BCUT2D eigenvalue weighted by Crippen LogP contribution is -2.32. The van der Waals surface area contributed by atoms with Crippen LogP contribution < -0.4 is 10.1 Å². The highest BCUT2D eigenvalue weighted by Crippen LogP contribution is 2.27. The Balaban J connectivity index is 1.62. The third-order valence-corrected chi connectivity index (χ3v) is 3.85. The molecule has 0 radical (unpaired) electrons. The van der Waals surface area contributed by atoms with E-state index < -0.39 is 5.97 Å². The molecule has 0 aliphatic carbocycles. The van der Waals surface area contributed by atoms with Crippen LogP contribution in [0.5, 0.6) is 5.75 Å². The van der Waals surface area contributed by atoms with Gasteiger partial charge in [0.2, 0.25) is 5.91 Å². The molecular formula is C19H17NO4. The molecule has 1 aliphatic heterocycles. The minimum absolute atomic E-state index is 0.0849. The largest absolute Gasteiger partial charge is 0.492 e. The van der Waals surface area contributed by atoms with Crippen LogP contribution in [-0.4, -0.2) is 23.6 Å². The standard InChI is InChI=1S/C19H17NO4/c21-18(22)10-7-13-5-8-16(9-6-13)20-19(23)15-11-14-3-1-2-4-17(14)24-12-15/h1-10,15H,11-12H2,(H,20,23)(H,21,22). The van der Waals surface area contributed by atoms with Crippen molar-refractivity contribution in [1.82, 2.24) is 0 Å². The molecule has 3 rings (SSSR count). The van der Waals surface area contributed by atoms with E-state index in [4.69, 9.17) is 9.84 Å².